The predicted molar refractivity (Wildman–Crippen MR) is 79.1 cm³/mol. The maximum Gasteiger partial charge on any atom is 0.338 e. The first kappa shape index (κ1) is 13.6. The first-order valence-electron chi connectivity index (χ1n) is 6.99. The van der Waals surface area contributed by atoms with Crippen LogP contribution in [0.3, 0.4) is 0 Å². The van der Waals surface area contributed by atoms with Crippen molar-refractivity contribution in [1.29, 1.82) is 0 Å². The van der Waals surface area contributed by atoms with Gasteiger partial charge < -0.3 is 10.4 Å². The highest BCUT2D eigenvalue weighted by molar-refractivity contribution is 5.89. The van der Waals surface area contributed by atoms with E-state index in [1.54, 1.807) is 6.07 Å². The van der Waals surface area contributed by atoms with Crippen LogP contribution in [0.25, 0.3) is 0 Å². The van der Waals surface area contributed by atoms with E-state index in [4.69, 9.17) is 5.11 Å². The van der Waals surface area contributed by atoms with Gasteiger partial charge in [0, 0.05) is 12.2 Å². The van der Waals surface area contributed by atoms with Gasteiger partial charge in [-0.1, -0.05) is 24.3 Å². The van der Waals surface area contributed by atoms with Gasteiger partial charge in [-0.15, -0.1) is 0 Å². The summed E-state index contributed by atoms with van der Waals surface area (Å²) in [7, 11) is 0. The van der Waals surface area contributed by atoms with Crippen molar-refractivity contribution >= 4 is 11.7 Å². The molecule has 1 saturated carbocycles. The Kier molecular flexibility index (Phi) is 3.60. The molecule has 0 heterocycles. The van der Waals surface area contributed by atoms with Crippen LogP contribution in [0, 0.1) is 5.82 Å². The Labute approximate surface area is 122 Å². The first-order chi connectivity index (χ1) is 10.1. The van der Waals surface area contributed by atoms with E-state index in [0.29, 0.717) is 12.2 Å². The monoisotopic (exact) mass is 285 g/mol. The lowest BCUT2D eigenvalue weighted by Crippen LogP contribution is -2.04. The van der Waals surface area contributed by atoms with Crippen molar-refractivity contribution in [2.24, 2.45) is 0 Å². The smallest absolute Gasteiger partial charge is 0.338 e. The fraction of sp³-hybridized carbons (Fsp3) is 0.235. The van der Waals surface area contributed by atoms with Gasteiger partial charge in [0.25, 0.3) is 0 Å². The molecular weight excluding hydrogens is 269 g/mol. The van der Waals surface area contributed by atoms with Crippen LogP contribution in [0.15, 0.2) is 42.5 Å². The predicted octanol–water partition coefficient (Wildman–Crippen LogP) is 4.01. The average Bonchev–Trinajstić information content (AvgIpc) is 3.31. The van der Waals surface area contributed by atoms with Gasteiger partial charge in [-0.05, 0) is 48.1 Å². The van der Waals surface area contributed by atoms with Gasteiger partial charge in [0.1, 0.15) is 5.82 Å². The van der Waals surface area contributed by atoms with Crippen LogP contribution in [0.4, 0.5) is 10.1 Å². The quantitative estimate of drug-likeness (QED) is 0.872. The van der Waals surface area contributed by atoms with Crippen LogP contribution in [-0.2, 0) is 6.54 Å². The fourth-order valence-electron chi connectivity index (χ4n) is 2.33. The summed E-state index contributed by atoms with van der Waals surface area (Å²) in [5, 5.41) is 12.0. The molecule has 0 amide bonds. The van der Waals surface area contributed by atoms with Gasteiger partial charge in [-0.3, -0.25) is 0 Å². The van der Waals surface area contributed by atoms with Crippen LogP contribution in [-0.4, -0.2) is 11.1 Å². The summed E-state index contributed by atoms with van der Waals surface area (Å²) < 4.78 is 13.3. The fourth-order valence-corrected chi connectivity index (χ4v) is 2.33. The van der Waals surface area contributed by atoms with E-state index in [1.807, 2.05) is 0 Å². The first-order valence-corrected chi connectivity index (χ1v) is 6.99. The maximum atomic E-state index is 13.3. The second-order valence-corrected chi connectivity index (χ2v) is 5.37. The summed E-state index contributed by atoms with van der Waals surface area (Å²) in [6, 6.07) is 12.5. The minimum atomic E-state index is -1.26. The highest BCUT2D eigenvalue weighted by Crippen LogP contribution is 2.39. The van der Waals surface area contributed by atoms with E-state index >= 15 is 0 Å². The standard InChI is InChI=1S/C17H16FNO2/c18-16-8-7-14(9-15(16)17(20)21)19-10-11-1-3-12(4-2-11)13-5-6-13/h1-4,7-9,13,19H,5-6,10H2,(H,20,21). The van der Waals surface area contributed by atoms with Crippen molar-refractivity contribution in [2.75, 3.05) is 5.32 Å². The molecule has 108 valence electrons. The summed E-state index contributed by atoms with van der Waals surface area (Å²) in [5.41, 5.74) is 2.78. The lowest BCUT2D eigenvalue weighted by atomic mass is 10.1. The molecule has 21 heavy (non-hydrogen) atoms. The Morgan fingerprint density at radius 1 is 1.19 bits per heavy atom. The number of aromatic carboxylic acids is 1. The molecule has 0 saturated heterocycles. The molecule has 0 spiro atoms. The summed E-state index contributed by atoms with van der Waals surface area (Å²) >= 11 is 0. The Morgan fingerprint density at radius 3 is 2.52 bits per heavy atom. The highest BCUT2D eigenvalue weighted by Gasteiger charge is 2.22. The van der Waals surface area contributed by atoms with Gasteiger partial charge in [-0.2, -0.15) is 0 Å². The number of hydrogen-bond acceptors (Lipinski definition) is 2. The van der Waals surface area contributed by atoms with E-state index in [1.165, 1.54) is 30.5 Å². The summed E-state index contributed by atoms with van der Waals surface area (Å²) in [4.78, 5) is 10.9. The molecule has 3 rings (SSSR count). The van der Waals surface area contributed by atoms with Gasteiger partial charge in [0.05, 0.1) is 5.56 Å². The molecular formula is C17H16FNO2. The van der Waals surface area contributed by atoms with Crippen LogP contribution in [0.5, 0.6) is 0 Å². The van der Waals surface area contributed by atoms with Crippen molar-refractivity contribution < 1.29 is 14.3 Å². The number of carboxylic acids is 1. The molecule has 2 N–H and O–H groups in total. The molecule has 1 aliphatic carbocycles. The Morgan fingerprint density at radius 2 is 1.90 bits per heavy atom. The number of nitrogens with one attached hydrogen (secondary N) is 1. The van der Waals surface area contributed by atoms with Crippen LogP contribution in [0.1, 0.15) is 40.2 Å². The topological polar surface area (TPSA) is 49.3 Å². The second kappa shape index (κ2) is 5.56. The lowest BCUT2D eigenvalue weighted by molar-refractivity contribution is 0.0692. The highest BCUT2D eigenvalue weighted by atomic mass is 19.1. The minimum absolute atomic E-state index is 0.316. The number of carbonyl (C=O) groups is 1. The van der Waals surface area contributed by atoms with Gasteiger partial charge in [0.2, 0.25) is 0 Å². The van der Waals surface area contributed by atoms with E-state index < -0.39 is 11.8 Å². The zero-order chi connectivity index (χ0) is 14.8. The van der Waals surface area contributed by atoms with E-state index in [9.17, 15) is 9.18 Å². The van der Waals surface area contributed by atoms with Gasteiger partial charge in [-0.25, -0.2) is 9.18 Å². The van der Waals surface area contributed by atoms with E-state index in [-0.39, 0.29) is 5.56 Å². The molecule has 1 fully saturated rings. The normalized spacial score (nSPS) is 14.0. The molecule has 2 aromatic carbocycles. The second-order valence-electron chi connectivity index (χ2n) is 5.37. The van der Waals surface area contributed by atoms with E-state index in [0.717, 1.165) is 11.5 Å². The van der Waals surface area contributed by atoms with Crippen molar-refractivity contribution in [3.05, 3.63) is 65.0 Å². The van der Waals surface area contributed by atoms with Gasteiger partial charge >= 0.3 is 5.97 Å². The maximum absolute atomic E-state index is 13.3. The summed E-state index contributed by atoms with van der Waals surface area (Å²) in [6.45, 7) is 0.579. The summed E-state index contributed by atoms with van der Waals surface area (Å²) in [6.07, 6.45) is 2.57. The molecule has 2 aromatic rings. The molecule has 3 nitrogen and oxygen atoms in total. The van der Waals surface area contributed by atoms with Crippen LogP contribution < -0.4 is 5.32 Å². The molecule has 0 radical (unpaired) electrons. The molecule has 0 aromatic heterocycles. The Bertz CT molecular complexity index is 663. The third-order valence-corrected chi connectivity index (χ3v) is 3.72. The average molecular weight is 285 g/mol. The lowest BCUT2D eigenvalue weighted by Gasteiger charge is -2.08. The van der Waals surface area contributed by atoms with Crippen LogP contribution >= 0.6 is 0 Å². The number of halogens is 1. The van der Waals surface area contributed by atoms with Crippen LogP contribution in [0.2, 0.25) is 0 Å². The van der Waals surface area contributed by atoms with Crippen molar-refractivity contribution in [3.63, 3.8) is 0 Å². The molecule has 0 bridgehead atoms. The van der Waals surface area contributed by atoms with Crippen molar-refractivity contribution in [1.82, 2.24) is 0 Å². The number of benzene rings is 2. The molecule has 0 unspecified atom stereocenters. The summed E-state index contributed by atoms with van der Waals surface area (Å²) in [5.74, 6) is -1.24. The van der Waals surface area contributed by atoms with Crippen molar-refractivity contribution in [2.45, 2.75) is 25.3 Å². The molecule has 1 aliphatic rings. The zero-order valence-corrected chi connectivity index (χ0v) is 11.5. The minimum Gasteiger partial charge on any atom is -0.478 e. The third-order valence-electron chi connectivity index (χ3n) is 3.72. The number of carboxylic acid groups (broad SMARTS) is 1. The Balaban J connectivity index is 1.66. The molecule has 0 aliphatic heterocycles. The number of rotatable bonds is 5. The number of anilines is 1. The van der Waals surface area contributed by atoms with Crippen molar-refractivity contribution in [3.8, 4) is 0 Å². The van der Waals surface area contributed by atoms with Gasteiger partial charge in [0.15, 0.2) is 0 Å². The molecule has 4 heteroatoms. The largest absolute Gasteiger partial charge is 0.478 e. The SMILES string of the molecule is O=C(O)c1cc(NCc2ccc(C3CC3)cc2)ccc1F. The Hall–Kier alpha value is -2.36. The zero-order valence-electron chi connectivity index (χ0n) is 11.5. The molecule has 0 atom stereocenters. The number of hydrogen-bond donors (Lipinski definition) is 2. The third kappa shape index (κ3) is 3.21. The van der Waals surface area contributed by atoms with E-state index in [2.05, 4.69) is 29.6 Å².